The molecule has 1 aromatic carbocycles. The van der Waals surface area contributed by atoms with E-state index in [9.17, 15) is 14.0 Å². The molecule has 0 saturated carbocycles. The Morgan fingerprint density at radius 2 is 1.96 bits per heavy atom. The van der Waals surface area contributed by atoms with Crippen LogP contribution >= 0.6 is 0 Å². The SMILES string of the molecule is CC(C)OCCCNC(=O)C1CCN(CC(=O)Nc2ccccc2F)CC1. The van der Waals surface area contributed by atoms with Crippen LogP contribution in [0.15, 0.2) is 24.3 Å². The first-order valence-electron chi connectivity index (χ1n) is 9.61. The quantitative estimate of drug-likeness (QED) is 0.647. The molecule has 2 rings (SSSR count). The van der Waals surface area contributed by atoms with Crippen LogP contribution < -0.4 is 10.6 Å². The third-order valence-corrected chi connectivity index (χ3v) is 4.55. The highest BCUT2D eigenvalue weighted by molar-refractivity contribution is 5.92. The number of anilines is 1. The summed E-state index contributed by atoms with van der Waals surface area (Å²) in [4.78, 5) is 26.3. The van der Waals surface area contributed by atoms with Crippen molar-refractivity contribution in [3.8, 4) is 0 Å². The Bertz CT molecular complexity index is 616. The normalized spacial score (nSPS) is 15.7. The summed E-state index contributed by atoms with van der Waals surface area (Å²) < 4.78 is 19.0. The number of carbonyl (C=O) groups is 2. The van der Waals surface area contributed by atoms with Gasteiger partial charge in [0.2, 0.25) is 11.8 Å². The molecule has 2 N–H and O–H groups in total. The van der Waals surface area contributed by atoms with Crippen molar-refractivity contribution in [2.75, 3.05) is 38.1 Å². The highest BCUT2D eigenvalue weighted by Gasteiger charge is 2.25. The molecule has 0 bridgehead atoms. The van der Waals surface area contributed by atoms with Gasteiger partial charge in [0.05, 0.1) is 18.3 Å². The van der Waals surface area contributed by atoms with E-state index in [2.05, 4.69) is 10.6 Å². The molecule has 1 fully saturated rings. The summed E-state index contributed by atoms with van der Waals surface area (Å²) in [5.41, 5.74) is 0.193. The number of nitrogens with one attached hydrogen (secondary N) is 2. The van der Waals surface area contributed by atoms with E-state index < -0.39 is 5.82 Å². The van der Waals surface area contributed by atoms with Gasteiger partial charge in [-0.3, -0.25) is 14.5 Å². The van der Waals surface area contributed by atoms with Crippen LogP contribution in [0, 0.1) is 11.7 Å². The van der Waals surface area contributed by atoms with Gasteiger partial charge in [-0.1, -0.05) is 12.1 Å². The number of benzene rings is 1. The molecule has 0 atom stereocenters. The van der Waals surface area contributed by atoms with E-state index >= 15 is 0 Å². The minimum Gasteiger partial charge on any atom is -0.379 e. The zero-order valence-corrected chi connectivity index (χ0v) is 16.2. The fourth-order valence-corrected chi connectivity index (χ4v) is 3.06. The van der Waals surface area contributed by atoms with E-state index in [1.165, 1.54) is 12.1 Å². The molecule has 150 valence electrons. The molecule has 0 unspecified atom stereocenters. The molecule has 1 saturated heterocycles. The van der Waals surface area contributed by atoms with Gasteiger partial charge in [0, 0.05) is 19.1 Å². The largest absolute Gasteiger partial charge is 0.379 e. The number of rotatable bonds is 9. The summed E-state index contributed by atoms with van der Waals surface area (Å²) >= 11 is 0. The van der Waals surface area contributed by atoms with Crippen LogP contribution in [0.3, 0.4) is 0 Å². The van der Waals surface area contributed by atoms with Crippen LogP contribution in [0.4, 0.5) is 10.1 Å². The molecule has 0 radical (unpaired) electrons. The average molecular weight is 379 g/mol. The Morgan fingerprint density at radius 3 is 2.63 bits per heavy atom. The zero-order valence-electron chi connectivity index (χ0n) is 16.2. The van der Waals surface area contributed by atoms with Gasteiger partial charge in [0.1, 0.15) is 5.82 Å². The van der Waals surface area contributed by atoms with Crippen LogP contribution in [0.1, 0.15) is 33.1 Å². The lowest BCUT2D eigenvalue weighted by Gasteiger charge is -2.30. The van der Waals surface area contributed by atoms with Crippen LogP contribution in [0.25, 0.3) is 0 Å². The molecule has 0 spiro atoms. The number of para-hydroxylation sites is 1. The van der Waals surface area contributed by atoms with E-state index in [0.29, 0.717) is 26.2 Å². The average Bonchev–Trinajstić information content (AvgIpc) is 2.63. The Morgan fingerprint density at radius 1 is 1.26 bits per heavy atom. The van der Waals surface area contributed by atoms with E-state index in [-0.39, 0.29) is 36.1 Å². The fraction of sp³-hybridized carbons (Fsp3) is 0.600. The number of carbonyl (C=O) groups excluding carboxylic acids is 2. The first-order chi connectivity index (χ1) is 13.0. The number of hydrogen-bond acceptors (Lipinski definition) is 4. The van der Waals surface area contributed by atoms with Crippen molar-refractivity contribution in [2.24, 2.45) is 5.92 Å². The molecule has 7 heteroatoms. The predicted molar refractivity (Wildman–Crippen MR) is 103 cm³/mol. The van der Waals surface area contributed by atoms with E-state index in [1.807, 2.05) is 18.7 Å². The maximum absolute atomic E-state index is 13.6. The number of nitrogens with zero attached hydrogens (tertiary/aromatic N) is 1. The second kappa shape index (κ2) is 11.0. The molecule has 1 aromatic rings. The predicted octanol–water partition coefficient (Wildman–Crippen LogP) is 2.41. The molecule has 1 aliphatic heterocycles. The summed E-state index contributed by atoms with van der Waals surface area (Å²) in [7, 11) is 0. The number of halogens is 1. The Kier molecular flexibility index (Phi) is 8.67. The summed E-state index contributed by atoms with van der Waals surface area (Å²) in [6.07, 6.45) is 2.46. The smallest absolute Gasteiger partial charge is 0.238 e. The Balaban J connectivity index is 1.64. The summed E-state index contributed by atoms with van der Waals surface area (Å²) in [6, 6.07) is 6.11. The third kappa shape index (κ3) is 7.64. The highest BCUT2D eigenvalue weighted by atomic mass is 19.1. The monoisotopic (exact) mass is 379 g/mol. The molecule has 27 heavy (non-hydrogen) atoms. The second-order valence-electron chi connectivity index (χ2n) is 7.14. The van der Waals surface area contributed by atoms with E-state index in [1.54, 1.807) is 12.1 Å². The molecule has 1 heterocycles. The van der Waals surface area contributed by atoms with Crippen molar-refractivity contribution in [2.45, 2.75) is 39.2 Å². The van der Waals surface area contributed by atoms with Gasteiger partial charge in [-0.15, -0.1) is 0 Å². The van der Waals surface area contributed by atoms with E-state index in [0.717, 1.165) is 19.3 Å². The molecular weight excluding hydrogens is 349 g/mol. The lowest BCUT2D eigenvalue weighted by Crippen LogP contribution is -2.43. The maximum atomic E-state index is 13.6. The number of piperidine rings is 1. The van der Waals surface area contributed by atoms with E-state index in [4.69, 9.17) is 4.74 Å². The standard InChI is InChI=1S/C20H30FN3O3/c1-15(2)27-13-5-10-22-20(26)16-8-11-24(12-9-16)14-19(25)23-18-7-4-3-6-17(18)21/h3-4,6-7,15-16H,5,8-14H2,1-2H3,(H,22,26)(H,23,25). The van der Waals surface area contributed by atoms with Gasteiger partial charge < -0.3 is 15.4 Å². The van der Waals surface area contributed by atoms with Crippen LogP contribution in [-0.2, 0) is 14.3 Å². The van der Waals surface area contributed by atoms with Gasteiger partial charge in [0.15, 0.2) is 0 Å². The number of hydrogen-bond donors (Lipinski definition) is 2. The van der Waals surface area contributed by atoms with Crippen LogP contribution in [0.2, 0.25) is 0 Å². The third-order valence-electron chi connectivity index (χ3n) is 4.55. The number of ether oxygens (including phenoxy) is 1. The topological polar surface area (TPSA) is 70.7 Å². The molecule has 2 amide bonds. The molecule has 0 aromatic heterocycles. The maximum Gasteiger partial charge on any atom is 0.238 e. The first-order valence-corrected chi connectivity index (χ1v) is 9.61. The Hall–Kier alpha value is -1.99. The van der Waals surface area contributed by atoms with Crippen molar-refractivity contribution in [1.82, 2.24) is 10.2 Å². The van der Waals surface area contributed by atoms with Crippen LogP contribution in [0.5, 0.6) is 0 Å². The Labute approximate surface area is 160 Å². The first kappa shape index (κ1) is 21.3. The second-order valence-corrected chi connectivity index (χ2v) is 7.14. The molecular formula is C20H30FN3O3. The summed E-state index contributed by atoms with van der Waals surface area (Å²) in [5, 5.41) is 5.55. The van der Waals surface area contributed by atoms with Gasteiger partial charge in [0.25, 0.3) is 0 Å². The van der Waals surface area contributed by atoms with Gasteiger partial charge in [-0.05, 0) is 58.3 Å². The lowest BCUT2D eigenvalue weighted by atomic mass is 9.96. The van der Waals surface area contributed by atoms with Crippen molar-refractivity contribution < 1.29 is 18.7 Å². The molecule has 6 nitrogen and oxygen atoms in total. The fourth-order valence-electron chi connectivity index (χ4n) is 3.06. The minimum atomic E-state index is -0.444. The highest BCUT2D eigenvalue weighted by Crippen LogP contribution is 2.18. The molecule has 0 aliphatic carbocycles. The summed E-state index contributed by atoms with van der Waals surface area (Å²) in [6.45, 7) is 6.81. The van der Waals surface area contributed by atoms with Crippen molar-refractivity contribution in [3.05, 3.63) is 30.1 Å². The van der Waals surface area contributed by atoms with Crippen LogP contribution in [-0.4, -0.2) is 55.6 Å². The zero-order chi connectivity index (χ0) is 19.6. The minimum absolute atomic E-state index is 0.0121. The van der Waals surface area contributed by atoms with Gasteiger partial charge in [-0.2, -0.15) is 0 Å². The van der Waals surface area contributed by atoms with Crippen molar-refractivity contribution >= 4 is 17.5 Å². The van der Waals surface area contributed by atoms with Crippen molar-refractivity contribution in [1.29, 1.82) is 0 Å². The lowest BCUT2D eigenvalue weighted by molar-refractivity contribution is -0.126. The molecule has 1 aliphatic rings. The van der Waals surface area contributed by atoms with Gasteiger partial charge >= 0.3 is 0 Å². The van der Waals surface area contributed by atoms with Gasteiger partial charge in [-0.25, -0.2) is 4.39 Å². The number of likely N-dealkylation sites (tertiary alicyclic amines) is 1. The summed E-state index contributed by atoms with van der Waals surface area (Å²) in [5.74, 6) is -0.620. The van der Waals surface area contributed by atoms with Crippen molar-refractivity contribution in [3.63, 3.8) is 0 Å². The number of amides is 2.